The molecule has 0 unspecified atom stereocenters. The first-order chi connectivity index (χ1) is 9.08. The summed E-state index contributed by atoms with van der Waals surface area (Å²) >= 11 is 3.37. The summed E-state index contributed by atoms with van der Waals surface area (Å²) in [5.41, 5.74) is 0.844. The molecule has 0 spiro atoms. The van der Waals surface area contributed by atoms with Crippen molar-refractivity contribution in [2.75, 3.05) is 18.0 Å². The Kier molecular flexibility index (Phi) is 4.58. The molecule has 2 rings (SSSR count). The Hall–Kier alpha value is -1.36. The zero-order valence-corrected chi connectivity index (χ0v) is 12.4. The largest absolute Gasteiger partial charge is 0.354 e. The van der Waals surface area contributed by atoms with E-state index in [0.29, 0.717) is 13.1 Å². The molecule has 1 aromatic rings. The lowest BCUT2D eigenvalue weighted by Crippen LogP contribution is -2.38. The molecule has 1 aliphatic rings. The molecule has 2 amide bonds. The van der Waals surface area contributed by atoms with Crippen LogP contribution in [-0.4, -0.2) is 24.9 Å². The van der Waals surface area contributed by atoms with E-state index in [1.165, 1.54) is 6.92 Å². The lowest BCUT2D eigenvalue weighted by molar-refractivity contribution is -0.122. The number of rotatable bonds is 5. The number of nitrogens with zero attached hydrogens (tertiary/aromatic N) is 1. The van der Waals surface area contributed by atoms with Crippen LogP contribution < -0.4 is 10.2 Å². The van der Waals surface area contributed by atoms with Gasteiger partial charge < -0.3 is 10.2 Å². The highest BCUT2D eigenvalue weighted by Gasteiger charge is 2.29. The first-order valence-electron chi connectivity index (χ1n) is 6.39. The SMILES string of the molecule is CC(=O)N(CCNC(=O)C1CC1)c1ccc(Br)cc1. The van der Waals surface area contributed by atoms with Gasteiger partial charge >= 0.3 is 0 Å². The second kappa shape index (κ2) is 6.19. The zero-order valence-electron chi connectivity index (χ0n) is 10.9. The number of anilines is 1. The lowest BCUT2D eigenvalue weighted by atomic mass is 10.3. The molecule has 1 N–H and O–H groups in total. The molecular formula is C14H17BrN2O2. The van der Waals surface area contributed by atoms with Crippen molar-refractivity contribution in [3.05, 3.63) is 28.7 Å². The zero-order chi connectivity index (χ0) is 13.8. The van der Waals surface area contributed by atoms with Crippen molar-refractivity contribution >= 4 is 33.4 Å². The van der Waals surface area contributed by atoms with Gasteiger partial charge in [0.15, 0.2) is 0 Å². The lowest BCUT2D eigenvalue weighted by Gasteiger charge is -2.21. The Labute approximate surface area is 121 Å². The first-order valence-corrected chi connectivity index (χ1v) is 7.18. The Morgan fingerprint density at radius 3 is 2.47 bits per heavy atom. The molecule has 0 saturated heterocycles. The van der Waals surface area contributed by atoms with Crippen LogP contribution in [0.25, 0.3) is 0 Å². The van der Waals surface area contributed by atoms with Gasteiger partial charge in [0.1, 0.15) is 0 Å². The van der Waals surface area contributed by atoms with Gasteiger partial charge in [0.05, 0.1) is 0 Å². The number of carbonyl (C=O) groups is 2. The molecule has 5 heteroatoms. The Morgan fingerprint density at radius 1 is 1.32 bits per heavy atom. The molecule has 4 nitrogen and oxygen atoms in total. The van der Waals surface area contributed by atoms with Gasteiger partial charge in [-0.1, -0.05) is 15.9 Å². The summed E-state index contributed by atoms with van der Waals surface area (Å²) in [7, 11) is 0. The number of hydrogen-bond donors (Lipinski definition) is 1. The Balaban J connectivity index is 1.90. The van der Waals surface area contributed by atoms with Crippen molar-refractivity contribution in [3.8, 4) is 0 Å². The number of amides is 2. The smallest absolute Gasteiger partial charge is 0.223 e. The van der Waals surface area contributed by atoms with Crippen LogP contribution in [0.1, 0.15) is 19.8 Å². The third-order valence-electron chi connectivity index (χ3n) is 3.10. The highest BCUT2D eigenvalue weighted by Crippen LogP contribution is 2.28. The molecule has 1 aromatic carbocycles. The standard InChI is InChI=1S/C14H17BrN2O2/c1-10(18)17(13-6-4-12(15)5-7-13)9-8-16-14(19)11-2-3-11/h4-7,11H,2-3,8-9H2,1H3,(H,16,19). The van der Waals surface area contributed by atoms with Crippen LogP contribution in [0.15, 0.2) is 28.7 Å². The average Bonchev–Trinajstić information content (AvgIpc) is 3.19. The first kappa shape index (κ1) is 14.1. The van der Waals surface area contributed by atoms with Gasteiger partial charge in [0, 0.05) is 36.1 Å². The second-order valence-corrected chi connectivity index (χ2v) is 5.63. The summed E-state index contributed by atoms with van der Waals surface area (Å²) in [6.45, 7) is 2.52. The summed E-state index contributed by atoms with van der Waals surface area (Å²) in [5.74, 6) is 0.292. The third-order valence-corrected chi connectivity index (χ3v) is 3.63. The predicted molar refractivity (Wildman–Crippen MR) is 77.9 cm³/mol. The summed E-state index contributed by atoms with van der Waals surface area (Å²) < 4.78 is 0.974. The van der Waals surface area contributed by atoms with Gasteiger partial charge in [0.25, 0.3) is 0 Å². The minimum Gasteiger partial charge on any atom is -0.354 e. The fourth-order valence-electron chi connectivity index (χ4n) is 1.87. The highest BCUT2D eigenvalue weighted by molar-refractivity contribution is 9.10. The van der Waals surface area contributed by atoms with Gasteiger partial charge in [-0.3, -0.25) is 9.59 Å². The van der Waals surface area contributed by atoms with E-state index in [2.05, 4.69) is 21.2 Å². The van der Waals surface area contributed by atoms with Gasteiger partial charge in [-0.25, -0.2) is 0 Å². The number of nitrogens with one attached hydrogen (secondary N) is 1. The normalized spacial score (nSPS) is 14.0. The molecule has 1 saturated carbocycles. The molecule has 19 heavy (non-hydrogen) atoms. The van der Waals surface area contributed by atoms with Crippen LogP contribution in [0.4, 0.5) is 5.69 Å². The summed E-state index contributed by atoms with van der Waals surface area (Å²) in [6, 6.07) is 7.56. The van der Waals surface area contributed by atoms with Crippen molar-refractivity contribution in [3.63, 3.8) is 0 Å². The van der Waals surface area contributed by atoms with Crippen molar-refractivity contribution in [1.29, 1.82) is 0 Å². The molecule has 0 radical (unpaired) electrons. The summed E-state index contributed by atoms with van der Waals surface area (Å²) in [6.07, 6.45) is 1.99. The maximum Gasteiger partial charge on any atom is 0.223 e. The van der Waals surface area contributed by atoms with Crippen LogP contribution in [0, 0.1) is 5.92 Å². The van der Waals surface area contributed by atoms with Crippen LogP contribution >= 0.6 is 15.9 Å². The third kappa shape index (κ3) is 4.06. The van der Waals surface area contributed by atoms with Gasteiger partial charge in [-0.15, -0.1) is 0 Å². The van der Waals surface area contributed by atoms with E-state index in [1.807, 2.05) is 24.3 Å². The highest BCUT2D eigenvalue weighted by atomic mass is 79.9. The number of hydrogen-bond acceptors (Lipinski definition) is 2. The fraction of sp³-hybridized carbons (Fsp3) is 0.429. The van der Waals surface area contributed by atoms with Crippen LogP contribution in [0.2, 0.25) is 0 Å². The van der Waals surface area contributed by atoms with Crippen LogP contribution in [-0.2, 0) is 9.59 Å². The molecule has 1 fully saturated rings. The quantitative estimate of drug-likeness (QED) is 0.903. The second-order valence-electron chi connectivity index (χ2n) is 4.71. The average molecular weight is 325 g/mol. The monoisotopic (exact) mass is 324 g/mol. The Morgan fingerprint density at radius 2 is 1.95 bits per heavy atom. The molecule has 0 aromatic heterocycles. The topological polar surface area (TPSA) is 49.4 Å². The van der Waals surface area contributed by atoms with Crippen molar-refractivity contribution in [2.24, 2.45) is 5.92 Å². The van der Waals surface area contributed by atoms with E-state index in [9.17, 15) is 9.59 Å². The molecule has 102 valence electrons. The number of benzene rings is 1. The summed E-state index contributed by atoms with van der Waals surface area (Å²) in [4.78, 5) is 24.8. The van der Waals surface area contributed by atoms with Gasteiger partial charge in [0.2, 0.25) is 11.8 Å². The van der Waals surface area contributed by atoms with E-state index in [1.54, 1.807) is 4.90 Å². The van der Waals surface area contributed by atoms with E-state index in [4.69, 9.17) is 0 Å². The maximum absolute atomic E-state index is 11.7. The predicted octanol–water partition coefficient (Wildman–Crippen LogP) is 2.33. The number of halogens is 1. The summed E-state index contributed by atoms with van der Waals surface area (Å²) in [5, 5.41) is 2.87. The van der Waals surface area contributed by atoms with Crippen LogP contribution in [0.5, 0.6) is 0 Å². The van der Waals surface area contributed by atoms with E-state index < -0.39 is 0 Å². The molecule has 0 heterocycles. The maximum atomic E-state index is 11.7. The minimum atomic E-state index is -0.0250. The van der Waals surface area contributed by atoms with Crippen LogP contribution in [0.3, 0.4) is 0 Å². The minimum absolute atomic E-state index is 0.0250. The molecule has 0 aliphatic heterocycles. The molecule has 1 aliphatic carbocycles. The van der Waals surface area contributed by atoms with E-state index in [-0.39, 0.29) is 17.7 Å². The molecular weight excluding hydrogens is 308 g/mol. The molecule has 0 bridgehead atoms. The van der Waals surface area contributed by atoms with Gasteiger partial charge in [-0.2, -0.15) is 0 Å². The Bertz CT molecular complexity index is 469. The van der Waals surface area contributed by atoms with E-state index in [0.717, 1.165) is 23.0 Å². The van der Waals surface area contributed by atoms with Crippen molar-refractivity contribution in [1.82, 2.24) is 5.32 Å². The van der Waals surface area contributed by atoms with Crippen molar-refractivity contribution in [2.45, 2.75) is 19.8 Å². The van der Waals surface area contributed by atoms with E-state index >= 15 is 0 Å². The van der Waals surface area contributed by atoms with Crippen molar-refractivity contribution < 1.29 is 9.59 Å². The fourth-order valence-corrected chi connectivity index (χ4v) is 2.13. The molecule has 0 atom stereocenters. The number of carbonyl (C=O) groups excluding carboxylic acids is 2. The van der Waals surface area contributed by atoms with Gasteiger partial charge in [-0.05, 0) is 37.1 Å².